The van der Waals surface area contributed by atoms with Crippen molar-refractivity contribution in [3.05, 3.63) is 29.8 Å². The van der Waals surface area contributed by atoms with Crippen molar-refractivity contribution in [2.75, 3.05) is 13.1 Å². The Morgan fingerprint density at radius 2 is 2.00 bits per heavy atom. The van der Waals surface area contributed by atoms with Crippen molar-refractivity contribution in [2.45, 2.75) is 23.6 Å². The molecule has 1 amide bonds. The summed E-state index contributed by atoms with van der Waals surface area (Å²) in [5, 5.41) is 0.677. The molecule has 2 N–H and O–H groups in total. The Kier molecular flexibility index (Phi) is 4.22. The molecule has 0 aromatic heterocycles. The molecule has 20 heavy (non-hydrogen) atoms. The summed E-state index contributed by atoms with van der Waals surface area (Å²) in [7, 11) is -3.56. The van der Waals surface area contributed by atoms with Crippen LogP contribution in [0.1, 0.15) is 18.9 Å². The van der Waals surface area contributed by atoms with E-state index < -0.39 is 21.3 Å². The van der Waals surface area contributed by atoms with E-state index in [1.807, 2.05) is 0 Å². The van der Waals surface area contributed by atoms with Gasteiger partial charge in [0, 0.05) is 18.4 Å². The summed E-state index contributed by atoms with van der Waals surface area (Å²) < 4.78 is 26.3. The number of carbonyl (C=O) groups is 1. The first-order chi connectivity index (χ1) is 9.29. The SMILES string of the molecule is CC1(C(N)=O)CCN(S(=O)(=O)c2ccc(CBr)cc2)C1. The van der Waals surface area contributed by atoms with Gasteiger partial charge < -0.3 is 5.73 Å². The average Bonchev–Trinajstić information content (AvgIpc) is 2.84. The summed E-state index contributed by atoms with van der Waals surface area (Å²) in [4.78, 5) is 11.7. The van der Waals surface area contributed by atoms with Gasteiger partial charge in [-0.05, 0) is 31.0 Å². The maximum absolute atomic E-state index is 12.5. The van der Waals surface area contributed by atoms with E-state index in [0.29, 0.717) is 18.3 Å². The number of halogens is 1. The van der Waals surface area contributed by atoms with Crippen molar-refractivity contribution >= 4 is 31.9 Å². The number of benzene rings is 1. The standard InChI is InChI=1S/C13H17BrN2O3S/c1-13(12(15)17)6-7-16(9-13)20(18,19)11-4-2-10(8-14)3-5-11/h2-5H,6-9H2,1H3,(H2,15,17). The third-order valence-corrected chi connectivity index (χ3v) is 6.26. The molecule has 1 saturated heterocycles. The molecule has 0 spiro atoms. The van der Waals surface area contributed by atoms with Gasteiger partial charge in [-0.3, -0.25) is 4.79 Å². The number of amides is 1. The topological polar surface area (TPSA) is 80.5 Å². The maximum atomic E-state index is 12.5. The highest BCUT2D eigenvalue weighted by atomic mass is 79.9. The number of hydrogen-bond donors (Lipinski definition) is 1. The van der Waals surface area contributed by atoms with Gasteiger partial charge in [0.1, 0.15) is 0 Å². The van der Waals surface area contributed by atoms with Crippen LogP contribution in [-0.2, 0) is 20.1 Å². The van der Waals surface area contributed by atoms with Crippen LogP contribution in [0.25, 0.3) is 0 Å². The van der Waals surface area contributed by atoms with Gasteiger partial charge in [-0.1, -0.05) is 28.1 Å². The molecule has 1 heterocycles. The van der Waals surface area contributed by atoms with Crippen LogP contribution in [0, 0.1) is 5.41 Å². The molecule has 1 aromatic rings. The second-order valence-corrected chi connectivity index (χ2v) is 7.79. The van der Waals surface area contributed by atoms with Gasteiger partial charge in [-0.15, -0.1) is 0 Å². The maximum Gasteiger partial charge on any atom is 0.243 e. The van der Waals surface area contributed by atoms with Gasteiger partial charge in [0.2, 0.25) is 15.9 Å². The van der Waals surface area contributed by atoms with E-state index in [1.165, 1.54) is 4.31 Å². The second kappa shape index (κ2) is 5.46. The molecule has 1 fully saturated rings. The van der Waals surface area contributed by atoms with Gasteiger partial charge in [-0.25, -0.2) is 8.42 Å². The number of sulfonamides is 1. The quantitative estimate of drug-likeness (QED) is 0.825. The predicted molar refractivity (Wildman–Crippen MR) is 79.8 cm³/mol. The Balaban J connectivity index is 2.25. The van der Waals surface area contributed by atoms with Crippen molar-refractivity contribution in [3.63, 3.8) is 0 Å². The van der Waals surface area contributed by atoms with Crippen molar-refractivity contribution in [1.82, 2.24) is 4.31 Å². The molecule has 110 valence electrons. The molecule has 1 aliphatic heterocycles. The van der Waals surface area contributed by atoms with Crippen LogP contribution in [0.5, 0.6) is 0 Å². The lowest BCUT2D eigenvalue weighted by Gasteiger charge is -2.21. The minimum Gasteiger partial charge on any atom is -0.369 e. The molecule has 7 heteroatoms. The molecule has 0 aliphatic carbocycles. The minimum atomic E-state index is -3.56. The predicted octanol–water partition coefficient (Wildman–Crippen LogP) is 1.47. The molecular formula is C13H17BrN2O3S. The molecule has 1 aliphatic rings. The van der Waals surface area contributed by atoms with Gasteiger partial charge in [-0.2, -0.15) is 4.31 Å². The number of rotatable bonds is 4. The van der Waals surface area contributed by atoms with E-state index >= 15 is 0 Å². The van der Waals surface area contributed by atoms with Crippen molar-refractivity contribution in [2.24, 2.45) is 11.1 Å². The second-order valence-electron chi connectivity index (χ2n) is 5.29. The van der Waals surface area contributed by atoms with Gasteiger partial charge >= 0.3 is 0 Å². The normalized spacial score (nSPS) is 23.9. The molecule has 0 saturated carbocycles. The highest BCUT2D eigenvalue weighted by Gasteiger charge is 2.43. The molecule has 0 bridgehead atoms. The zero-order valence-corrected chi connectivity index (χ0v) is 13.6. The van der Waals surface area contributed by atoms with Crippen LogP contribution in [0.4, 0.5) is 0 Å². The zero-order valence-electron chi connectivity index (χ0n) is 11.2. The van der Waals surface area contributed by atoms with Gasteiger partial charge in [0.25, 0.3) is 0 Å². The molecule has 1 aromatic carbocycles. The number of hydrogen-bond acceptors (Lipinski definition) is 3. The average molecular weight is 361 g/mol. The van der Waals surface area contributed by atoms with E-state index in [0.717, 1.165) is 5.56 Å². The van der Waals surface area contributed by atoms with Crippen molar-refractivity contribution in [3.8, 4) is 0 Å². The fraction of sp³-hybridized carbons (Fsp3) is 0.462. The Bertz CT molecular complexity index is 615. The first-order valence-electron chi connectivity index (χ1n) is 6.24. The third kappa shape index (κ3) is 2.75. The largest absolute Gasteiger partial charge is 0.369 e. The van der Waals surface area contributed by atoms with Gasteiger partial charge in [0.05, 0.1) is 10.3 Å². The lowest BCUT2D eigenvalue weighted by atomic mass is 9.89. The Labute approximate surface area is 127 Å². The number of nitrogens with two attached hydrogens (primary N) is 1. The molecule has 2 rings (SSSR count). The minimum absolute atomic E-state index is 0.144. The van der Waals surface area contributed by atoms with Crippen molar-refractivity contribution in [1.29, 1.82) is 0 Å². The van der Waals surface area contributed by atoms with E-state index in [1.54, 1.807) is 31.2 Å². The van der Waals surface area contributed by atoms with E-state index in [4.69, 9.17) is 5.73 Å². The number of primary amides is 1. The Morgan fingerprint density at radius 1 is 1.40 bits per heavy atom. The summed E-state index contributed by atoms with van der Waals surface area (Å²) in [6, 6.07) is 6.72. The molecule has 0 radical (unpaired) electrons. The Hall–Kier alpha value is -0.920. The summed E-state index contributed by atoms with van der Waals surface area (Å²) in [6.45, 7) is 2.17. The highest BCUT2D eigenvalue weighted by Crippen LogP contribution is 2.33. The lowest BCUT2D eigenvalue weighted by molar-refractivity contribution is -0.126. The summed E-state index contributed by atoms with van der Waals surface area (Å²) in [6.07, 6.45) is 0.459. The van der Waals surface area contributed by atoms with E-state index in [9.17, 15) is 13.2 Å². The fourth-order valence-electron chi connectivity index (χ4n) is 2.22. The Morgan fingerprint density at radius 3 is 2.45 bits per heavy atom. The summed E-state index contributed by atoms with van der Waals surface area (Å²) in [5.41, 5.74) is 5.58. The highest BCUT2D eigenvalue weighted by molar-refractivity contribution is 9.08. The molecule has 5 nitrogen and oxygen atoms in total. The molecular weight excluding hydrogens is 344 g/mol. The van der Waals surface area contributed by atoms with E-state index in [-0.39, 0.29) is 11.4 Å². The first kappa shape index (κ1) is 15.5. The lowest BCUT2D eigenvalue weighted by Crippen LogP contribution is -2.38. The fourth-order valence-corrected chi connectivity index (χ4v) is 4.16. The number of alkyl halides is 1. The summed E-state index contributed by atoms with van der Waals surface area (Å²) in [5.74, 6) is -0.454. The van der Waals surface area contributed by atoms with E-state index in [2.05, 4.69) is 15.9 Å². The molecule has 1 unspecified atom stereocenters. The van der Waals surface area contributed by atoms with Crippen LogP contribution in [-0.4, -0.2) is 31.7 Å². The monoisotopic (exact) mass is 360 g/mol. The number of carbonyl (C=O) groups excluding carboxylic acids is 1. The van der Waals surface area contributed by atoms with Crippen LogP contribution in [0.2, 0.25) is 0 Å². The zero-order chi connectivity index (χ0) is 15.0. The van der Waals surface area contributed by atoms with Crippen LogP contribution in [0.15, 0.2) is 29.2 Å². The summed E-state index contributed by atoms with van der Waals surface area (Å²) >= 11 is 3.32. The smallest absolute Gasteiger partial charge is 0.243 e. The third-order valence-electron chi connectivity index (χ3n) is 3.75. The van der Waals surface area contributed by atoms with Crippen molar-refractivity contribution < 1.29 is 13.2 Å². The van der Waals surface area contributed by atoms with Crippen LogP contribution in [0.3, 0.4) is 0 Å². The number of nitrogens with zero attached hydrogens (tertiary/aromatic N) is 1. The van der Waals surface area contributed by atoms with Gasteiger partial charge in [0.15, 0.2) is 0 Å². The molecule has 1 atom stereocenters. The van der Waals surface area contributed by atoms with Crippen LogP contribution >= 0.6 is 15.9 Å². The first-order valence-corrected chi connectivity index (χ1v) is 8.81. The van der Waals surface area contributed by atoms with Crippen LogP contribution < -0.4 is 5.73 Å².